The number of carboxylic acids is 1. The van der Waals surface area contributed by atoms with Crippen molar-refractivity contribution in [3.05, 3.63) is 59.2 Å². The number of nitrogens with zero attached hydrogens (tertiary/aromatic N) is 3. The molecule has 6 heteroatoms. The second kappa shape index (κ2) is 5.92. The second-order valence-corrected chi connectivity index (χ2v) is 5.44. The first-order valence-corrected chi connectivity index (χ1v) is 7.34. The zero-order valence-electron chi connectivity index (χ0n) is 11.4. The van der Waals surface area contributed by atoms with E-state index in [1.165, 1.54) is 0 Å². The van der Waals surface area contributed by atoms with E-state index in [-0.39, 0.29) is 0 Å². The number of aliphatic carboxylic acids is 1. The molecule has 0 bridgehead atoms. The first kappa shape index (κ1) is 14.2. The highest BCUT2D eigenvalue weighted by molar-refractivity contribution is 7.00. The Morgan fingerprint density at radius 3 is 2.59 bits per heavy atom. The van der Waals surface area contributed by atoms with Crippen molar-refractivity contribution >= 4 is 28.7 Å². The van der Waals surface area contributed by atoms with Crippen molar-refractivity contribution in [2.75, 3.05) is 0 Å². The predicted octanol–water partition coefficient (Wildman–Crippen LogP) is 2.97. The van der Waals surface area contributed by atoms with Crippen molar-refractivity contribution in [3.63, 3.8) is 0 Å². The predicted molar refractivity (Wildman–Crippen MR) is 82.7 cm³/mol. The van der Waals surface area contributed by atoms with Gasteiger partial charge < -0.3 is 5.11 Å². The maximum atomic E-state index is 11.6. The van der Waals surface area contributed by atoms with Crippen LogP contribution in [-0.4, -0.2) is 19.8 Å². The van der Waals surface area contributed by atoms with Crippen molar-refractivity contribution < 1.29 is 9.90 Å². The molecular weight excluding hydrogens is 298 g/mol. The van der Waals surface area contributed by atoms with Gasteiger partial charge in [-0.25, -0.2) is 0 Å². The highest BCUT2D eigenvalue weighted by Crippen LogP contribution is 2.24. The van der Waals surface area contributed by atoms with Crippen molar-refractivity contribution in [2.45, 2.75) is 12.3 Å². The second-order valence-electron chi connectivity index (χ2n) is 4.92. The fraction of sp³-hybridized carbons (Fsp3) is 0.125. The van der Waals surface area contributed by atoms with Crippen molar-refractivity contribution in [1.29, 1.82) is 5.26 Å². The molecule has 3 rings (SSSR count). The first-order valence-electron chi connectivity index (χ1n) is 6.61. The Balaban J connectivity index is 1.91. The number of hydrogen-bond acceptors (Lipinski definition) is 5. The molecule has 3 aromatic rings. The number of aromatic nitrogens is 2. The number of hydrogen-bond donors (Lipinski definition) is 1. The summed E-state index contributed by atoms with van der Waals surface area (Å²) in [6.45, 7) is 0. The van der Waals surface area contributed by atoms with Crippen LogP contribution in [0.15, 0.2) is 42.5 Å². The van der Waals surface area contributed by atoms with Crippen LogP contribution in [0.3, 0.4) is 0 Å². The number of carboxylic acid groups (broad SMARTS) is 1. The van der Waals surface area contributed by atoms with E-state index in [1.807, 2.05) is 6.07 Å². The molecule has 0 saturated carbocycles. The SMILES string of the molecule is N#Cc1ccc(CC(C(=O)O)c2ccc3nsnc3c2)cc1. The molecule has 0 aliphatic heterocycles. The molecule has 108 valence electrons. The van der Waals surface area contributed by atoms with E-state index >= 15 is 0 Å². The zero-order valence-corrected chi connectivity index (χ0v) is 12.2. The molecule has 1 heterocycles. The molecule has 1 aromatic heterocycles. The Morgan fingerprint density at radius 1 is 1.18 bits per heavy atom. The maximum absolute atomic E-state index is 11.6. The van der Waals surface area contributed by atoms with Crippen LogP contribution in [-0.2, 0) is 11.2 Å². The van der Waals surface area contributed by atoms with Gasteiger partial charge in [0.25, 0.3) is 0 Å². The van der Waals surface area contributed by atoms with Gasteiger partial charge in [0, 0.05) is 0 Å². The van der Waals surface area contributed by atoms with Gasteiger partial charge in [0.15, 0.2) is 0 Å². The van der Waals surface area contributed by atoms with Gasteiger partial charge in [0.05, 0.1) is 29.3 Å². The van der Waals surface area contributed by atoms with E-state index in [1.54, 1.807) is 42.5 Å². The molecule has 2 aromatic carbocycles. The summed E-state index contributed by atoms with van der Waals surface area (Å²) in [5, 5.41) is 18.3. The van der Waals surface area contributed by atoms with Gasteiger partial charge in [0.1, 0.15) is 11.0 Å². The summed E-state index contributed by atoms with van der Waals surface area (Å²) in [6, 6.07) is 14.4. The van der Waals surface area contributed by atoms with E-state index in [9.17, 15) is 9.90 Å². The molecule has 0 aliphatic rings. The summed E-state index contributed by atoms with van der Waals surface area (Å²) in [5.41, 5.74) is 3.63. The Morgan fingerprint density at radius 2 is 1.91 bits per heavy atom. The van der Waals surface area contributed by atoms with Crippen molar-refractivity contribution in [1.82, 2.24) is 8.75 Å². The first-order chi connectivity index (χ1) is 10.7. The monoisotopic (exact) mass is 309 g/mol. The minimum Gasteiger partial charge on any atom is -0.481 e. The molecule has 1 N–H and O–H groups in total. The molecule has 0 amide bonds. The Hall–Kier alpha value is -2.78. The lowest BCUT2D eigenvalue weighted by atomic mass is 9.91. The summed E-state index contributed by atoms with van der Waals surface area (Å²) in [5.74, 6) is -1.54. The molecule has 0 radical (unpaired) electrons. The molecule has 22 heavy (non-hydrogen) atoms. The average Bonchev–Trinajstić information content (AvgIpc) is 3.00. The van der Waals surface area contributed by atoms with Crippen LogP contribution < -0.4 is 0 Å². The van der Waals surface area contributed by atoms with Gasteiger partial charge >= 0.3 is 5.97 Å². The van der Waals surface area contributed by atoms with Crippen molar-refractivity contribution in [3.8, 4) is 6.07 Å². The molecule has 1 unspecified atom stereocenters. The maximum Gasteiger partial charge on any atom is 0.311 e. The lowest BCUT2D eigenvalue weighted by Crippen LogP contribution is -2.14. The molecule has 0 fully saturated rings. The van der Waals surface area contributed by atoms with E-state index < -0.39 is 11.9 Å². The average molecular weight is 309 g/mol. The van der Waals surface area contributed by atoms with Crippen LogP contribution in [0.25, 0.3) is 11.0 Å². The minimum atomic E-state index is -0.883. The number of rotatable bonds is 4. The number of benzene rings is 2. The summed E-state index contributed by atoms with van der Waals surface area (Å²) >= 11 is 1.11. The summed E-state index contributed by atoms with van der Waals surface area (Å²) < 4.78 is 8.27. The smallest absolute Gasteiger partial charge is 0.311 e. The third kappa shape index (κ3) is 2.80. The summed E-state index contributed by atoms with van der Waals surface area (Å²) in [7, 11) is 0. The largest absolute Gasteiger partial charge is 0.481 e. The van der Waals surface area contributed by atoms with Crippen LogP contribution in [0, 0.1) is 11.3 Å². The molecule has 5 nitrogen and oxygen atoms in total. The van der Waals surface area contributed by atoms with Gasteiger partial charge in [-0.2, -0.15) is 14.0 Å². The van der Waals surface area contributed by atoms with Gasteiger partial charge in [-0.3, -0.25) is 4.79 Å². The van der Waals surface area contributed by atoms with Crippen molar-refractivity contribution in [2.24, 2.45) is 0 Å². The topological polar surface area (TPSA) is 86.9 Å². The van der Waals surface area contributed by atoms with Gasteiger partial charge in [-0.15, -0.1) is 0 Å². The number of nitriles is 1. The van der Waals surface area contributed by atoms with Crippen LogP contribution in [0.4, 0.5) is 0 Å². The van der Waals surface area contributed by atoms with E-state index in [2.05, 4.69) is 8.75 Å². The van der Waals surface area contributed by atoms with Gasteiger partial charge in [-0.05, 0) is 41.8 Å². The zero-order chi connectivity index (χ0) is 15.5. The Kier molecular flexibility index (Phi) is 3.81. The highest BCUT2D eigenvalue weighted by Gasteiger charge is 2.21. The fourth-order valence-electron chi connectivity index (χ4n) is 2.31. The van der Waals surface area contributed by atoms with Crippen LogP contribution in [0.2, 0.25) is 0 Å². The van der Waals surface area contributed by atoms with E-state index in [0.717, 1.165) is 22.8 Å². The third-order valence-electron chi connectivity index (χ3n) is 3.50. The Bertz CT molecular complexity index is 865. The quantitative estimate of drug-likeness (QED) is 0.800. The van der Waals surface area contributed by atoms with Gasteiger partial charge in [0.2, 0.25) is 0 Å². The third-order valence-corrected chi connectivity index (χ3v) is 4.06. The fourth-order valence-corrected chi connectivity index (χ4v) is 2.83. The van der Waals surface area contributed by atoms with Gasteiger partial charge in [-0.1, -0.05) is 18.2 Å². The van der Waals surface area contributed by atoms with E-state index in [4.69, 9.17) is 5.26 Å². The number of carbonyl (C=O) groups is 1. The van der Waals surface area contributed by atoms with E-state index in [0.29, 0.717) is 23.1 Å². The Labute approximate surface area is 130 Å². The lowest BCUT2D eigenvalue weighted by Gasteiger charge is -2.13. The molecular formula is C16H11N3O2S. The minimum absolute atomic E-state index is 0.365. The summed E-state index contributed by atoms with van der Waals surface area (Å²) in [4.78, 5) is 11.6. The standard InChI is InChI=1S/C16H11N3O2S/c17-9-11-3-1-10(2-4-11)7-13(16(20)21)12-5-6-14-15(8-12)19-22-18-14/h1-6,8,13H,7H2,(H,20,21). The lowest BCUT2D eigenvalue weighted by molar-refractivity contribution is -0.138. The van der Waals surface area contributed by atoms with Crippen LogP contribution >= 0.6 is 11.7 Å². The molecule has 1 atom stereocenters. The molecule has 0 saturated heterocycles. The molecule has 0 aliphatic carbocycles. The van der Waals surface area contributed by atoms with Crippen LogP contribution in [0.1, 0.15) is 22.6 Å². The summed E-state index contributed by atoms with van der Waals surface area (Å²) in [6.07, 6.45) is 0.365. The highest BCUT2D eigenvalue weighted by atomic mass is 32.1. The normalized spacial score (nSPS) is 12.0. The molecule has 0 spiro atoms. The number of fused-ring (bicyclic) bond motifs is 1. The van der Waals surface area contributed by atoms with Crippen LogP contribution in [0.5, 0.6) is 0 Å².